The monoisotopic (exact) mass is 393 g/mol. The predicted octanol–water partition coefficient (Wildman–Crippen LogP) is 4.19. The zero-order valence-corrected chi connectivity index (χ0v) is 17.2. The van der Waals surface area contributed by atoms with Gasteiger partial charge in [0.15, 0.2) is 0 Å². The van der Waals surface area contributed by atoms with Crippen LogP contribution in [0.4, 0.5) is 0 Å². The van der Waals surface area contributed by atoms with Crippen LogP contribution in [0, 0.1) is 0 Å². The number of hydrogen-bond donors (Lipinski definition) is 0. The lowest BCUT2D eigenvalue weighted by Gasteiger charge is -2.19. The first-order valence-corrected chi connectivity index (χ1v) is 9.99. The van der Waals surface area contributed by atoms with Gasteiger partial charge in [-0.1, -0.05) is 36.4 Å². The lowest BCUT2D eigenvalue weighted by molar-refractivity contribution is -0.154. The minimum atomic E-state index is -0.458. The van der Waals surface area contributed by atoms with Crippen LogP contribution in [0.3, 0.4) is 0 Å². The van der Waals surface area contributed by atoms with E-state index >= 15 is 0 Å². The molecule has 3 rings (SSSR count). The van der Waals surface area contributed by atoms with Crippen molar-refractivity contribution in [3.8, 4) is 0 Å². The van der Waals surface area contributed by atoms with Gasteiger partial charge in [-0.2, -0.15) is 0 Å². The number of esters is 1. The van der Waals surface area contributed by atoms with E-state index in [-0.39, 0.29) is 17.8 Å². The van der Waals surface area contributed by atoms with Crippen molar-refractivity contribution < 1.29 is 19.1 Å². The van der Waals surface area contributed by atoms with Gasteiger partial charge in [-0.25, -0.2) is 0 Å². The standard InChI is InChI=1S/C24H27NO4/c1-24(2,3)29-21(26)15-14-18-12-10-17(11-13-18)7-6-16-25-22(27)19-8-4-5-9-20(19)23(25)28/h4-5,8-13H,6-7,14-16H2,1-3H3. The molecule has 1 aliphatic rings. The maximum absolute atomic E-state index is 12.4. The Bertz CT molecular complexity index is 874. The molecule has 2 amide bonds. The molecule has 5 heteroatoms. The number of fused-ring (bicyclic) bond motifs is 1. The Morgan fingerprint density at radius 1 is 0.862 bits per heavy atom. The molecule has 0 bridgehead atoms. The van der Waals surface area contributed by atoms with Gasteiger partial charge in [0, 0.05) is 13.0 Å². The number of amides is 2. The van der Waals surface area contributed by atoms with E-state index in [2.05, 4.69) is 0 Å². The fourth-order valence-corrected chi connectivity index (χ4v) is 3.40. The summed E-state index contributed by atoms with van der Waals surface area (Å²) >= 11 is 0. The van der Waals surface area contributed by atoms with Crippen LogP contribution in [-0.4, -0.2) is 34.8 Å². The average Bonchev–Trinajstić information content (AvgIpc) is 2.91. The molecular formula is C24H27NO4. The van der Waals surface area contributed by atoms with Gasteiger partial charge in [0.2, 0.25) is 0 Å². The Balaban J connectivity index is 1.46. The lowest BCUT2D eigenvalue weighted by atomic mass is 10.0. The first kappa shape index (κ1) is 20.8. The fourth-order valence-electron chi connectivity index (χ4n) is 3.40. The minimum absolute atomic E-state index is 0.192. The number of benzene rings is 2. The topological polar surface area (TPSA) is 63.7 Å². The number of hydrogen-bond acceptors (Lipinski definition) is 4. The van der Waals surface area contributed by atoms with Gasteiger partial charge in [0.1, 0.15) is 5.60 Å². The predicted molar refractivity (Wildman–Crippen MR) is 111 cm³/mol. The fraction of sp³-hybridized carbons (Fsp3) is 0.375. The molecule has 0 saturated heterocycles. The average molecular weight is 393 g/mol. The van der Waals surface area contributed by atoms with Crippen LogP contribution in [0.25, 0.3) is 0 Å². The molecule has 0 spiro atoms. The SMILES string of the molecule is CC(C)(C)OC(=O)CCc1ccc(CCCN2C(=O)c3ccccc3C2=O)cc1. The molecule has 0 saturated carbocycles. The first-order valence-electron chi connectivity index (χ1n) is 9.99. The van der Waals surface area contributed by atoms with Crippen LogP contribution in [0.5, 0.6) is 0 Å². The molecule has 1 heterocycles. The van der Waals surface area contributed by atoms with Crippen molar-refractivity contribution in [2.24, 2.45) is 0 Å². The van der Waals surface area contributed by atoms with Gasteiger partial charge in [-0.3, -0.25) is 19.3 Å². The molecule has 152 valence electrons. The summed E-state index contributed by atoms with van der Waals surface area (Å²) in [6.45, 7) is 6.00. The molecule has 2 aromatic carbocycles. The van der Waals surface area contributed by atoms with Gasteiger partial charge in [0.25, 0.3) is 11.8 Å². The van der Waals surface area contributed by atoms with Gasteiger partial charge in [-0.15, -0.1) is 0 Å². The van der Waals surface area contributed by atoms with Crippen LogP contribution >= 0.6 is 0 Å². The van der Waals surface area contributed by atoms with Crippen molar-refractivity contribution in [1.82, 2.24) is 4.90 Å². The highest BCUT2D eigenvalue weighted by Gasteiger charge is 2.34. The Hall–Kier alpha value is -2.95. The number of nitrogens with zero attached hydrogens (tertiary/aromatic N) is 1. The van der Waals surface area contributed by atoms with Crippen LogP contribution < -0.4 is 0 Å². The molecule has 0 aromatic heterocycles. The highest BCUT2D eigenvalue weighted by atomic mass is 16.6. The van der Waals surface area contributed by atoms with Crippen molar-refractivity contribution >= 4 is 17.8 Å². The van der Waals surface area contributed by atoms with Crippen molar-refractivity contribution in [3.05, 3.63) is 70.8 Å². The third-order valence-corrected chi connectivity index (χ3v) is 4.79. The molecular weight excluding hydrogens is 366 g/mol. The third kappa shape index (κ3) is 5.31. The summed E-state index contributed by atoms with van der Waals surface area (Å²) in [4.78, 5) is 37.9. The lowest BCUT2D eigenvalue weighted by Crippen LogP contribution is -2.30. The molecule has 0 N–H and O–H groups in total. The summed E-state index contributed by atoms with van der Waals surface area (Å²) < 4.78 is 5.33. The van der Waals surface area contributed by atoms with E-state index in [9.17, 15) is 14.4 Å². The van der Waals surface area contributed by atoms with Gasteiger partial charge in [-0.05, 0) is 63.3 Å². The van der Waals surface area contributed by atoms with E-state index in [0.29, 0.717) is 36.9 Å². The van der Waals surface area contributed by atoms with Crippen molar-refractivity contribution in [2.75, 3.05) is 6.54 Å². The van der Waals surface area contributed by atoms with E-state index in [1.54, 1.807) is 24.3 Å². The second-order valence-corrected chi connectivity index (χ2v) is 8.31. The van der Waals surface area contributed by atoms with Crippen LogP contribution in [-0.2, 0) is 22.4 Å². The Kier molecular flexibility index (Phi) is 6.16. The summed E-state index contributed by atoms with van der Waals surface area (Å²) in [6, 6.07) is 15.1. The smallest absolute Gasteiger partial charge is 0.306 e. The van der Waals surface area contributed by atoms with Crippen molar-refractivity contribution in [1.29, 1.82) is 0 Å². The van der Waals surface area contributed by atoms with E-state index in [1.165, 1.54) is 4.90 Å². The molecule has 5 nitrogen and oxygen atoms in total. The third-order valence-electron chi connectivity index (χ3n) is 4.79. The molecule has 29 heavy (non-hydrogen) atoms. The number of imide groups is 1. The van der Waals surface area contributed by atoms with Crippen LogP contribution in [0.2, 0.25) is 0 Å². The van der Waals surface area contributed by atoms with Gasteiger partial charge < -0.3 is 4.74 Å². The molecule has 0 aliphatic carbocycles. The summed E-state index contributed by atoms with van der Waals surface area (Å²) in [5.41, 5.74) is 2.75. The van der Waals surface area contributed by atoms with Crippen LogP contribution in [0.1, 0.15) is 65.5 Å². The van der Waals surface area contributed by atoms with Crippen molar-refractivity contribution in [3.63, 3.8) is 0 Å². The number of carbonyl (C=O) groups excluding carboxylic acids is 3. The maximum Gasteiger partial charge on any atom is 0.306 e. The van der Waals surface area contributed by atoms with Gasteiger partial charge >= 0.3 is 5.97 Å². The van der Waals surface area contributed by atoms with Crippen LogP contribution in [0.15, 0.2) is 48.5 Å². The second kappa shape index (κ2) is 8.60. The molecule has 0 atom stereocenters. The zero-order chi connectivity index (χ0) is 21.0. The minimum Gasteiger partial charge on any atom is -0.460 e. The maximum atomic E-state index is 12.4. The largest absolute Gasteiger partial charge is 0.460 e. The summed E-state index contributed by atoms with van der Waals surface area (Å²) in [7, 11) is 0. The summed E-state index contributed by atoms with van der Waals surface area (Å²) in [6.07, 6.45) is 2.49. The number of aryl methyl sites for hydroxylation is 2. The summed E-state index contributed by atoms with van der Waals surface area (Å²) in [5, 5.41) is 0. The highest BCUT2D eigenvalue weighted by molar-refractivity contribution is 6.21. The molecule has 2 aromatic rings. The van der Waals surface area contributed by atoms with Gasteiger partial charge in [0.05, 0.1) is 11.1 Å². The molecule has 1 aliphatic heterocycles. The Morgan fingerprint density at radius 3 is 1.90 bits per heavy atom. The molecule has 0 fully saturated rings. The van der Waals surface area contributed by atoms with Crippen molar-refractivity contribution in [2.45, 2.75) is 52.1 Å². The second-order valence-electron chi connectivity index (χ2n) is 8.31. The first-order chi connectivity index (χ1) is 13.7. The highest BCUT2D eigenvalue weighted by Crippen LogP contribution is 2.22. The van der Waals surface area contributed by atoms with E-state index < -0.39 is 5.60 Å². The summed E-state index contributed by atoms with van der Waals surface area (Å²) in [5.74, 6) is -0.603. The quantitative estimate of drug-likeness (QED) is 0.523. The molecule has 0 unspecified atom stereocenters. The van der Waals surface area contributed by atoms with E-state index in [4.69, 9.17) is 4.74 Å². The number of rotatable bonds is 7. The number of carbonyl (C=O) groups is 3. The Labute approximate surface area is 171 Å². The van der Waals surface area contributed by atoms with E-state index in [0.717, 1.165) is 17.5 Å². The van der Waals surface area contributed by atoms with E-state index in [1.807, 2.05) is 45.0 Å². The number of ether oxygens (including phenoxy) is 1. The normalized spacial score (nSPS) is 13.6. The molecule has 0 radical (unpaired) electrons. The zero-order valence-electron chi connectivity index (χ0n) is 17.2. The Morgan fingerprint density at radius 2 is 1.38 bits per heavy atom.